The smallest absolute Gasteiger partial charge is 0.335 e. The molecule has 1 fully saturated rings. The molecule has 0 unspecified atom stereocenters. The Bertz CT molecular complexity index is 494. The normalized spacial score (nSPS) is 14.6. The Hall–Kier alpha value is -2.04. The van der Waals surface area contributed by atoms with Crippen LogP contribution in [0, 0.1) is 5.92 Å². The van der Waals surface area contributed by atoms with Gasteiger partial charge in [0.1, 0.15) is 5.75 Å². The van der Waals surface area contributed by atoms with Gasteiger partial charge >= 0.3 is 5.97 Å². The van der Waals surface area contributed by atoms with Crippen LogP contribution >= 0.6 is 0 Å². The monoisotopic (exact) mass is 263 g/mol. The van der Waals surface area contributed by atoms with E-state index in [0.717, 1.165) is 12.8 Å². The summed E-state index contributed by atoms with van der Waals surface area (Å²) >= 11 is 0. The summed E-state index contributed by atoms with van der Waals surface area (Å²) in [7, 11) is 1.48. The lowest BCUT2D eigenvalue weighted by Crippen LogP contribution is -2.21. The van der Waals surface area contributed by atoms with Crippen LogP contribution < -0.4 is 10.1 Å². The predicted octanol–water partition coefficient (Wildman–Crippen LogP) is 2.52. The molecule has 0 saturated heterocycles. The van der Waals surface area contributed by atoms with E-state index in [9.17, 15) is 9.59 Å². The second-order valence-electron chi connectivity index (χ2n) is 4.77. The van der Waals surface area contributed by atoms with Gasteiger partial charge in [0.05, 0.1) is 18.4 Å². The second-order valence-corrected chi connectivity index (χ2v) is 4.77. The van der Waals surface area contributed by atoms with Gasteiger partial charge in [-0.3, -0.25) is 4.79 Å². The van der Waals surface area contributed by atoms with E-state index >= 15 is 0 Å². The summed E-state index contributed by atoms with van der Waals surface area (Å²) in [5.41, 5.74) is 0.534. The van der Waals surface area contributed by atoms with Crippen LogP contribution in [-0.2, 0) is 4.79 Å². The maximum Gasteiger partial charge on any atom is 0.335 e. The molecule has 5 nitrogen and oxygen atoms in total. The van der Waals surface area contributed by atoms with Crippen molar-refractivity contribution in [2.75, 3.05) is 12.4 Å². The summed E-state index contributed by atoms with van der Waals surface area (Å²) in [5, 5.41) is 11.7. The maximum atomic E-state index is 11.9. The molecule has 0 aromatic heterocycles. The van der Waals surface area contributed by atoms with Crippen molar-refractivity contribution in [2.24, 2.45) is 5.92 Å². The fourth-order valence-electron chi connectivity index (χ4n) is 2.10. The first-order valence-electron chi connectivity index (χ1n) is 6.31. The molecule has 1 aromatic rings. The standard InChI is InChI=1S/C14H17NO4/c1-19-12-6-5-10(14(17)18)8-11(12)15-13(16)7-9-3-2-4-9/h5-6,8-9H,2-4,7H2,1H3,(H,15,16)(H,17,18). The van der Waals surface area contributed by atoms with E-state index in [2.05, 4.69) is 5.32 Å². The number of benzene rings is 1. The van der Waals surface area contributed by atoms with E-state index in [4.69, 9.17) is 9.84 Å². The Morgan fingerprint density at radius 1 is 1.42 bits per heavy atom. The van der Waals surface area contributed by atoms with Crippen LogP contribution in [0.4, 0.5) is 5.69 Å². The van der Waals surface area contributed by atoms with E-state index in [1.807, 2.05) is 0 Å². The lowest BCUT2D eigenvalue weighted by molar-refractivity contribution is -0.117. The number of ether oxygens (including phenoxy) is 1. The molecule has 0 aliphatic heterocycles. The molecule has 0 radical (unpaired) electrons. The largest absolute Gasteiger partial charge is 0.495 e. The Kier molecular flexibility index (Phi) is 4.04. The highest BCUT2D eigenvalue weighted by atomic mass is 16.5. The number of aromatic carboxylic acids is 1. The number of methoxy groups -OCH3 is 1. The summed E-state index contributed by atoms with van der Waals surface area (Å²) in [6.45, 7) is 0. The average molecular weight is 263 g/mol. The number of hydrogen-bond donors (Lipinski definition) is 2. The number of carboxylic acid groups (broad SMARTS) is 1. The molecule has 2 rings (SSSR count). The number of hydrogen-bond acceptors (Lipinski definition) is 3. The molecule has 1 saturated carbocycles. The molecular formula is C14H17NO4. The van der Waals surface area contributed by atoms with Gasteiger partial charge in [0.2, 0.25) is 5.91 Å². The fourth-order valence-corrected chi connectivity index (χ4v) is 2.10. The van der Waals surface area contributed by atoms with Crippen molar-refractivity contribution in [1.82, 2.24) is 0 Å². The van der Waals surface area contributed by atoms with Crippen LogP contribution in [0.1, 0.15) is 36.0 Å². The van der Waals surface area contributed by atoms with Crippen molar-refractivity contribution >= 4 is 17.6 Å². The van der Waals surface area contributed by atoms with Gasteiger partial charge in [0.15, 0.2) is 0 Å². The van der Waals surface area contributed by atoms with Crippen molar-refractivity contribution in [3.05, 3.63) is 23.8 Å². The summed E-state index contributed by atoms with van der Waals surface area (Å²) in [6, 6.07) is 4.41. The van der Waals surface area contributed by atoms with Crippen LogP contribution in [-0.4, -0.2) is 24.1 Å². The quantitative estimate of drug-likeness (QED) is 0.855. The van der Waals surface area contributed by atoms with Gasteiger partial charge in [0.25, 0.3) is 0 Å². The lowest BCUT2D eigenvalue weighted by Gasteiger charge is -2.24. The first-order chi connectivity index (χ1) is 9.10. The van der Waals surface area contributed by atoms with Crippen LogP contribution in [0.15, 0.2) is 18.2 Å². The van der Waals surface area contributed by atoms with E-state index in [-0.39, 0.29) is 11.5 Å². The van der Waals surface area contributed by atoms with Gasteiger partial charge < -0.3 is 15.2 Å². The molecule has 0 heterocycles. The Morgan fingerprint density at radius 2 is 2.16 bits per heavy atom. The minimum Gasteiger partial charge on any atom is -0.495 e. The van der Waals surface area contributed by atoms with Crippen molar-refractivity contribution in [3.8, 4) is 5.75 Å². The summed E-state index contributed by atoms with van der Waals surface area (Å²) in [5.74, 6) is -0.191. The average Bonchev–Trinajstić information content (AvgIpc) is 2.33. The molecule has 102 valence electrons. The first-order valence-corrected chi connectivity index (χ1v) is 6.31. The topological polar surface area (TPSA) is 75.6 Å². The zero-order chi connectivity index (χ0) is 13.8. The molecule has 0 atom stereocenters. The number of rotatable bonds is 5. The third-order valence-electron chi connectivity index (χ3n) is 3.42. The van der Waals surface area contributed by atoms with Crippen LogP contribution in [0.3, 0.4) is 0 Å². The zero-order valence-electron chi connectivity index (χ0n) is 10.8. The molecule has 1 amide bonds. The van der Waals surface area contributed by atoms with Gasteiger partial charge in [-0.05, 0) is 37.0 Å². The van der Waals surface area contributed by atoms with Gasteiger partial charge in [0, 0.05) is 6.42 Å². The first kappa shape index (κ1) is 13.4. The number of carboxylic acids is 1. The van der Waals surface area contributed by atoms with Crippen molar-refractivity contribution in [3.63, 3.8) is 0 Å². The molecule has 1 aliphatic rings. The van der Waals surface area contributed by atoms with Gasteiger partial charge in [-0.15, -0.1) is 0 Å². The summed E-state index contributed by atoms with van der Waals surface area (Å²) in [6.07, 6.45) is 3.87. The third kappa shape index (κ3) is 3.24. The van der Waals surface area contributed by atoms with Crippen LogP contribution in [0.5, 0.6) is 5.75 Å². The van der Waals surface area contributed by atoms with E-state index < -0.39 is 5.97 Å². The van der Waals surface area contributed by atoms with Gasteiger partial charge in [-0.2, -0.15) is 0 Å². The van der Waals surface area contributed by atoms with Gasteiger partial charge in [-0.1, -0.05) is 6.42 Å². The number of amides is 1. The number of nitrogens with one attached hydrogen (secondary N) is 1. The Balaban J connectivity index is 2.09. The molecule has 1 aromatic carbocycles. The highest BCUT2D eigenvalue weighted by Crippen LogP contribution is 2.31. The van der Waals surface area contributed by atoms with Crippen LogP contribution in [0.25, 0.3) is 0 Å². The van der Waals surface area contributed by atoms with E-state index in [1.165, 1.54) is 25.7 Å². The van der Waals surface area contributed by atoms with Crippen molar-refractivity contribution < 1.29 is 19.4 Å². The van der Waals surface area contributed by atoms with E-state index in [0.29, 0.717) is 23.8 Å². The Labute approximate surface area is 111 Å². The molecule has 19 heavy (non-hydrogen) atoms. The number of carbonyl (C=O) groups is 2. The fraction of sp³-hybridized carbons (Fsp3) is 0.429. The molecule has 5 heteroatoms. The van der Waals surface area contributed by atoms with Crippen molar-refractivity contribution in [2.45, 2.75) is 25.7 Å². The molecular weight excluding hydrogens is 246 g/mol. The maximum absolute atomic E-state index is 11.9. The van der Waals surface area contributed by atoms with Crippen molar-refractivity contribution in [1.29, 1.82) is 0 Å². The van der Waals surface area contributed by atoms with E-state index in [1.54, 1.807) is 6.07 Å². The Morgan fingerprint density at radius 3 is 2.68 bits per heavy atom. The molecule has 1 aliphatic carbocycles. The minimum atomic E-state index is -1.03. The second kappa shape index (κ2) is 5.73. The summed E-state index contributed by atoms with van der Waals surface area (Å²) < 4.78 is 5.12. The number of anilines is 1. The third-order valence-corrected chi connectivity index (χ3v) is 3.42. The predicted molar refractivity (Wildman–Crippen MR) is 70.5 cm³/mol. The lowest BCUT2D eigenvalue weighted by atomic mass is 9.83. The van der Waals surface area contributed by atoms with Gasteiger partial charge in [-0.25, -0.2) is 4.79 Å². The summed E-state index contributed by atoms with van der Waals surface area (Å²) in [4.78, 5) is 22.8. The highest BCUT2D eigenvalue weighted by Gasteiger charge is 2.21. The SMILES string of the molecule is COc1ccc(C(=O)O)cc1NC(=O)CC1CCC1. The molecule has 0 spiro atoms. The molecule has 2 N–H and O–H groups in total. The molecule has 0 bridgehead atoms. The minimum absolute atomic E-state index is 0.0921. The zero-order valence-corrected chi connectivity index (χ0v) is 10.8. The van der Waals surface area contributed by atoms with Crippen LogP contribution in [0.2, 0.25) is 0 Å². The number of carbonyl (C=O) groups excluding carboxylic acids is 1. The highest BCUT2D eigenvalue weighted by molar-refractivity contribution is 5.95.